The second kappa shape index (κ2) is 8.11. The summed E-state index contributed by atoms with van der Waals surface area (Å²) in [7, 11) is 4.01. The van der Waals surface area contributed by atoms with Gasteiger partial charge in [0.05, 0.1) is 5.54 Å². The fraction of sp³-hybridized carbons (Fsp3) is 0.208. The number of hydrogen-bond donors (Lipinski definition) is 0. The molecule has 2 heteroatoms. The molecule has 132 valence electrons. The van der Waals surface area contributed by atoms with Gasteiger partial charge in [0, 0.05) is 5.56 Å². The minimum Gasteiger partial charge on any atom is -0.296 e. The first-order chi connectivity index (χ1) is 12.6. The van der Waals surface area contributed by atoms with Crippen LogP contribution >= 0.6 is 0 Å². The maximum Gasteiger partial charge on any atom is 0.183 e. The molecule has 0 N–H and O–H groups in total. The Balaban J connectivity index is 2.07. The van der Waals surface area contributed by atoms with Gasteiger partial charge in [0.25, 0.3) is 0 Å². The van der Waals surface area contributed by atoms with E-state index in [0.29, 0.717) is 12.8 Å². The minimum absolute atomic E-state index is 0.163. The maximum atomic E-state index is 13.7. The lowest BCUT2D eigenvalue weighted by Gasteiger charge is -2.39. The molecule has 0 saturated heterocycles. The number of ketones is 1. The fourth-order valence-electron chi connectivity index (χ4n) is 3.47. The highest BCUT2D eigenvalue weighted by Crippen LogP contribution is 2.28. The highest BCUT2D eigenvalue weighted by Gasteiger charge is 2.41. The van der Waals surface area contributed by atoms with Crippen molar-refractivity contribution >= 4 is 5.78 Å². The highest BCUT2D eigenvalue weighted by atomic mass is 16.1. The predicted molar refractivity (Wildman–Crippen MR) is 107 cm³/mol. The lowest BCUT2D eigenvalue weighted by atomic mass is 9.77. The van der Waals surface area contributed by atoms with Gasteiger partial charge in [-0.3, -0.25) is 9.69 Å². The van der Waals surface area contributed by atoms with Crippen LogP contribution in [0, 0.1) is 0 Å². The second-order valence-electron chi connectivity index (χ2n) is 6.95. The topological polar surface area (TPSA) is 20.3 Å². The van der Waals surface area contributed by atoms with Crippen molar-refractivity contribution in [2.75, 3.05) is 14.1 Å². The molecule has 0 atom stereocenters. The monoisotopic (exact) mass is 343 g/mol. The average molecular weight is 343 g/mol. The maximum absolute atomic E-state index is 13.7. The molecule has 0 aliphatic heterocycles. The van der Waals surface area contributed by atoms with E-state index >= 15 is 0 Å². The summed E-state index contributed by atoms with van der Waals surface area (Å²) in [6, 6.07) is 30.2. The van der Waals surface area contributed by atoms with Gasteiger partial charge in [-0.2, -0.15) is 0 Å². The molecular formula is C24H25NO. The van der Waals surface area contributed by atoms with Crippen LogP contribution in [0.3, 0.4) is 0 Å². The van der Waals surface area contributed by atoms with Gasteiger partial charge in [-0.15, -0.1) is 0 Å². The molecule has 0 radical (unpaired) electrons. The third kappa shape index (κ3) is 3.92. The third-order valence-electron chi connectivity index (χ3n) is 4.99. The van der Waals surface area contributed by atoms with Crippen molar-refractivity contribution in [2.45, 2.75) is 18.4 Å². The zero-order valence-corrected chi connectivity index (χ0v) is 15.4. The Kier molecular flexibility index (Phi) is 5.65. The van der Waals surface area contributed by atoms with E-state index in [9.17, 15) is 4.79 Å². The van der Waals surface area contributed by atoms with Crippen LogP contribution < -0.4 is 0 Å². The molecule has 3 aromatic rings. The number of likely N-dealkylation sites (N-methyl/N-ethyl adjacent to an activating group) is 1. The molecular weight excluding hydrogens is 318 g/mol. The van der Waals surface area contributed by atoms with E-state index in [1.807, 2.05) is 80.8 Å². The molecule has 0 heterocycles. The Morgan fingerprint density at radius 3 is 1.46 bits per heavy atom. The van der Waals surface area contributed by atoms with Gasteiger partial charge in [-0.1, -0.05) is 91.0 Å². The Hall–Kier alpha value is -2.71. The van der Waals surface area contributed by atoms with Gasteiger partial charge < -0.3 is 0 Å². The van der Waals surface area contributed by atoms with Crippen LogP contribution in [0.1, 0.15) is 21.5 Å². The van der Waals surface area contributed by atoms with Gasteiger partial charge in [0.2, 0.25) is 0 Å². The molecule has 26 heavy (non-hydrogen) atoms. The molecule has 2 nitrogen and oxygen atoms in total. The van der Waals surface area contributed by atoms with Crippen LogP contribution in [0.4, 0.5) is 0 Å². The van der Waals surface area contributed by atoms with Crippen molar-refractivity contribution in [3.8, 4) is 0 Å². The summed E-state index contributed by atoms with van der Waals surface area (Å²) in [4.78, 5) is 15.8. The lowest BCUT2D eigenvalue weighted by molar-refractivity contribution is 0.0676. The standard InChI is InChI=1S/C24H25NO/c1-25(2)24(18-20-12-6-3-7-13-20,19-21-14-8-4-9-15-21)23(26)22-16-10-5-11-17-22/h3-17H,18-19H2,1-2H3. The summed E-state index contributed by atoms with van der Waals surface area (Å²) in [5.74, 6) is 0.163. The first kappa shape index (κ1) is 18.1. The van der Waals surface area contributed by atoms with E-state index in [0.717, 1.165) is 5.56 Å². The van der Waals surface area contributed by atoms with Gasteiger partial charge >= 0.3 is 0 Å². The number of rotatable bonds is 7. The third-order valence-corrected chi connectivity index (χ3v) is 4.99. The Bertz CT molecular complexity index is 784. The smallest absolute Gasteiger partial charge is 0.183 e. The minimum atomic E-state index is -0.635. The van der Waals surface area contributed by atoms with Gasteiger partial charge in [0.15, 0.2) is 5.78 Å². The molecule has 0 aliphatic carbocycles. The van der Waals surface area contributed by atoms with Crippen molar-refractivity contribution in [1.82, 2.24) is 4.90 Å². The predicted octanol–water partition coefficient (Wildman–Crippen LogP) is 4.66. The molecule has 0 aliphatic rings. The first-order valence-corrected chi connectivity index (χ1v) is 8.97. The second-order valence-corrected chi connectivity index (χ2v) is 6.95. The molecule has 0 spiro atoms. The van der Waals surface area contributed by atoms with E-state index in [2.05, 4.69) is 29.2 Å². The molecule has 0 fully saturated rings. The summed E-state index contributed by atoms with van der Waals surface area (Å²) in [5, 5.41) is 0. The molecule has 3 aromatic carbocycles. The fourth-order valence-corrected chi connectivity index (χ4v) is 3.47. The SMILES string of the molecule is CN(C)C(Cc1ccccc1)(Cc1ccccc1)C(=O)c1ccccc1. The van der Waals surface area contributed by atoms with Gasteiger partial charge in [0.1, 0.15) is 0 Å². The lowest BCUT2D eigenvalue weighted by Crippen LogP contribution is -2.54. The van der Waals surface area contributed by atoms with Gasteiger partial charge in [-0.05, 0) is 38.1 Å². The van der Waals surface area contributed by atoms with E-state index in [-0.39, 0.29) is 5.78 Å². The number of benzene rings is 3. The van der Waals surface area contributed by atoms with Crippen LogP contribution in [0.5, 0.6) is 0 Å². The van der Waals surface area contributed by atoms with Crippen molar-refractivity contribution in [1.29, 1.82) is 0 Å². The summed E-state index contributed by atoms with van der Waals surface area (Å²) in [6.45, 7) is 0. The van der Waals surface area contributed by atoms with E-state index in [1.54, 1.807) is 0 Å². The normalized spacial score (nSPS) is 11.5. The van der Waals surface area contributed by atoms with Crippen molar-refractivity contribution in [3.05, 3.63) is 108 Å². The van der Waals surface area contributed by atoms with Crippen molar-refractivity contribution in [3.63, 3.8) is 0 Å². The summed E-state index contributed by atoms with van der Waals surface area (Å²) >= 11 is 0. The van der Waals surface area contributed by atoms with E-state index < -0.39 is 5.54 Å². The average Bonchev–Trinajstić information content (AvgIpc) is 2.69. The largest absolute Gasteiger partial charge is 0.296 e. The van der Waals surface area contributed by atoms with Crippen molar-refractivity contribution in [2.24, 2.45) is 0 Å². The summed E-state index contributed by atoms with van der Waals surface area (Å²) in [5.41, 5.74) is 2.46. The van der Waals surface area contributed by atoms with Crippen LogP contribution in [-0.4, -0.2) is 30.3 Å². The Morgan fingerprint density at radius 2 is 1.08 bits per heavy atom. The Morgan fingerprint density at radius 1 is 0.692 bits per heavy atom. The Labute approximate surface area is 156 Å². The zero-order chi connectivity index (χ0) is 18.4. The van der Waals surface area contributed by atoms with Crippen LogP contribution in [0.15, 0.2) is 91.0 Å². The molecule has 0 unspecified atom stereocenters. The van der Waals surface area contributed by atoms with E-state index in [4.69, 9.17) is 0 Å². The van der Waals surface area contributed by atoms with E-state index in [1.165, 1.54) is 11.1 Å². The number of carbonyl (C=O) groups excluding carboxylic acids is 1. The molecule has 0 aromatic heterocycles. The molecule has 0 amide bonds. The number of Topliss-reactive ketones (excluding diaryl/α,β-unsaturated/α-hetero) is 1. The number of nitrogens with zero attached hydrogens (tertiary/aromatic N) is 1. The molecule has 0 saturated carbocycles. The first-order valence-electron chi connectivity index (χ1n) is 8.97. The molecule has 3 rings (SSSR count). The molecule has 0 bridgehead atoms. The number of carbonyl (C=O) groups is 1. The highest BCUT2D eigenvalue weighted by molar-refractivity contribution is 6.03. The summed E-state index contributed by atoms with van der Waals surface area (Å²) in [6.07, 6.45) is 1.34. The quantitative estimate of drug-likeness (QED) is 0.582. The van der Waals surface area contributed by atoms with Crippen molar-refractivity contribution < 1.29 is 4.79 Å². The summed E-state index contributed by atoms with van der Waals surface area (Å²) < 4.78 is 0. The van der Waals surface area contributed by atoms with Crippen LogP contribution in [-0.2, 0) is 12.8 Å². The zero-order valence-electron chi connectivity index (χ0n) is 15.4. The van der Waals surface area contributed by atoms with Crippen LogP contribution in [0.25, 0.3) is 0 Å². The number of hydrogen-bond acceptors (Lipinski definition) is 2. The van der Waals surface area contributed by atoms with Gasteiger partial charge in [-0.25, -0.2) is 0 Å². The van der Waals surface area contributed by atoms with Crippen LogP contribution in [0.2, 0.25) is 0 Å².